The van der Waals surface area contributed by atoms with Crippen LogP contribution in [0.5, 0.6) is 0 Å². The SMILES string of the molecule is CCC(C(=O)NCC1(C)CCC1)C(N)=S. The maximum absolute atomic E-state index is 11.7. The molecular formula is C11H20N2OS. The number of hydrogen-bond acceptors (Lipinski definition) is 2. The monoisotopic (exact) mass is 228 g/mol. The third-order valence-electron chi connectivity index (χ3n) is 3.32. The molecule has 1 fully saturated rings. The maximum Gasteiger partial charge on any atom is 0.229 e. The van der Waals surface area contributed by atoms with Crippen molar-refractivity contribution >= 4 is 23.1 Å². The van der Waals surface area contributed by atoms with Gasteiger partial charge in [0.05, 0.1) is 10.9 Å². The third kappa shape index (κ3) is 3.16. The molecule has 4 heteroatoms. The number of carbonyl (C=O) groups excluding carboxylic acids is 1. The normalized spacial score (nSPS) is 20.1. The van der Waals surface area contributed by atoms with Gasteiger partial charge in [-0.25, -0.2) is 0 Å². The van der Waals surface area contributed by atoms with Crippen molar-refractivity contribution in [1.82, 2.24) is 5.32 Å². The number of carbonyl (C=O) groups is 1. The molecule has 0 bridgehead atoms. The standard InChI is InChI=1S/C11H20N2OS/c1-3-8(9(12)15)10(14)13-7-11(2)5-4-6-11/h8H,3-7H2,1-2H3,(H2,12,15)(H,13,14). The van der Waals surface area contributed by atoms with Gasteiger partial charge in [0.2, 0.25) is 5.91 Å². The van der Waals surface area contributed by atoms with Gasteiger partial charge in [-0.15, -0.1) is 0 Å². The second-order valence-electron chi connectivity index (χ2n) is 4.75. The molecule has 0 saturated heterocycles. The molecule has 0 aromatic rings. The van der Waals surface area contributed by atoms with E-state index in [9.17, 15) is 4.79 Å². The highest BCUT2D eigenvalue weighted by Crippen LogP contribution is 2.39. The van der Waals surface area contributed by atoms with Gasteiger partial charge >= 0.3 is 0 Å². The van der Waals surface area contributed by atoms with E-state index in [-0.39, 0.29) is 11.8 Å². The van der Waals surface area contributed by atoms with Gasteiger partial charge in [0.25, 0.3) is 0 Å². The van der Waals surface area contributed by atoms with E-state index >= 15 is 0 Å². The van der Waals surface area contributed by atoms with Crippen molar-refractivity contribution in [3.63, 3.8) is 0 Å². The quantitative estimate of drug-likeness (QED) is 0.703. The number of nitrogens with one attached hydrogen (secondary N) is 1. The van der Waals surface area contributed by atoms with Crippen molar-refractivity contribution in [2.75, 3.05) is 6.54 Å². The van der Waals surface area contributed by atoms with Gasteiger partial charge in [0, 0.05) is 6.54 Å². The van der Waals surface area contributed by atoms with E-state index < -0.39 is 0 Å². The summed E-state index contributed by atoms with van der Waals surface area (Å²) in [7, 11) is 0. The summed E-state index contributed by atoms with van der Waals surface area (Å²) < 4.78 is 0. The van der Waals surface area contributed by atoms with E-state index in [4.69, 9.17) is 18.0 Å². The molecule has 15 heavy (non-hydrogen) atoms. The Hall–Kier alpha value is -0.640. The summed E-state index contributed by atoms with van der Waals surface area (Å²) in [4.78, 5) is 12.0. The molecule has 1 unspecified atom stereocenters. The van der Waals surface area contributed by atoms with Crippen LogP contribution in [-0.2, 0) is 4.79 Å². The van der Waals surface area contributed by atoms with Crippen LogP contribution in [0.25, 0.3) is 0 Å². The van der Waals surface area contributed by atoms with E-state index in [0.717, 1.165) is 6.54 Å². The van der Waals surface area contributed by atoms with Crippen molar-refractivity contribution < 1.29 is 4.79 Å². The zero-order chi connectivity index (χ0) is 11.5. The van der Waals surface area contributed by atoms with Gasteiger partial charge in [-0.1, -0.05) is 32.5 Å². The van der Waals surface area contributed by atoms with Crippen LogP contribution in [0.3, 0.4) is 0 Å². The number of thiocarbonyl (C=S) groups is 1. The van der Waals surface area contributed by atoms with E-state index in [1.165, 1.54) is 19.3 Å². The molecular weight excluding hydrogens is 208 g/mol. The highest BCUT2D eigenvalue weighted by Gasteiger charge is 2.32. The predicted octanol–water partition coefficient (Wildman–Crippen LogP) is 1.61. The molecule has 1 aliphatic carbocycles. The lowest BCUT2D eigenvalue weighted by Gasteiger charge is -2.38. The smallest absolute Gasteiger partial charge is 0.229 e. The minimum Gasteiger partial charge on any atom is -0.393 e. The molecule has 0 spiro atoms. The summed E-state index contributed by atoms with van der Waals surface area (Å²) >= 11 is 4.86. The fourth-order valence-electron chi connectivity index (χ4n) is 1.90. The summed E-state index contributed by atoms with van der Waals surface area (Å²) in [5.41, 5.74) is 5.81. The van der Waals surface area contributed by atoms with Gasteiger partial charge in [0.1, 0.15) is 0 Å². The average molecular weight is 228 g/mol. The topological polar surface area (TPSA) is 55.1 Å². The summed E-state index contributed by atoms with van der Waals surface area (Å²) in [6, 6.07) is 0. The largest absolute Gasteiger partial charge is 0.393 e. The first-order valence-electron chi connectivity index (χ1n) is 5.55. The number of nitrogens with two attached hydrogens (primary N) is 1. The predicted molar refractivity (Wildman–Crippen MR) is 65.5 cm³/mol. The Balaban J connectivity index is 2.37. The fourth-order valence-corrected chi connectivity index (χ4v) is 2.17. The van der Waals surface area contributed by atoms with E-state index in [2.05, 4.69) is 12.2 Å². The molecule has 0 radical (unpaired) electrons. The second kappa shape index (κ2) is 4.92. The van der Waals surface area contributed by atoms with Crippen molar-refractivity contribution in [3.05, 3.63) is 0 Å². The molecule has 86 valence electrons. The Morgan fingerprint density at radius 3 is 2.53 bits per heavy atom. The van der Waals surface area contributed by atoms with Gasteiger partial charge < -0.3 is 11.1 Å². The molecule has 0 aliphatic heterocycles. The van der Waals surface area contributed by atoms with Gasteiger partial charge in [-0.05, 0) is 24.7 Å². The maximum atomic E-state index is 11.7. The molecule has 0 heterocycles. The van der Waals surface area contributed by atoms with Crippen LogP contribution < -0.4 is 11.1 Å². The molecule has 1 atom stereocenters. The summed E-state index contributed by atoms with van der Waals surface area (Å²) in [6.45, 7) is 4.89. The van der Waals surface area contributed by atoms with Crippen molar-refractivity contribution in [1.29, 1.82) is 0 Å². The average Bonchev–Trinajstić information content (AvgIpc) is 2.12. The number of hydrogen-bond donors (Lipinski definition) is 2. The fraction of sp³-hybridized carbons (Fsp3) is 0.818. The Labute approximate surface area is 96.8 Å². The van der Waals surface area contributed by atoms with Gasteiger partial charge in [-0.3, -0.25) is 4.79 Å². The Kier molecular flexibility index (Phi) is 4.08. The summed E-state index contributed by atoms with van der Waals surface area (Å²) in [5, 5.41) is 2.95. The zero-order valence-electron chi connectivity index (χ0n) is 9.51. The van der Waals surface area contributed by atoms with Gasteiger partial charge in [0.15, 0.2) is 0 Å². The van der Waals surface area contributed by atoms with Crippen LogP contribution in [0.4, 0.5) is 0 Å². The Morgan fingerprint density at radius 1 is 1.60 bits per heavy atom. The molecule has 0 aromatic carbocycles. The summed E-state index contributed by atoms with van der Waals surface area (Å²) in [5.74, 6) is -0.318. The zero-order valence-corrected chi connectivity index (χ0v) is 10.3. The van der Waals surface area contributed by atoms with Crippen LogP contribution >= 0.6 is 12.2 Å². The number of rotatable bonds is 5. The molecule has 1 rings (SSSR count). The number of amides is 1. The van der Waals surface area contributed by atoms with Gasteiger partial charge in [-0.2, -0.15) is 0 Å². The molecule has 3 N–H and O–H groups in total. The Morgan fingerprint density at radius 2 is 2.20 bits per heavy atom. The third-order valence-corrected chi connectivity index (χ3v) is 3.60. The second-order valence-corrected chi connectivity index (χ2v) is 5.22. The van der Waals surface area contributed by atoms with Crippen molar-refractivity contribution in [2.45, 2.75) is 39.5 Å². The van der Waals surface area contributed by atoms with Crippen LogP contribution in [0.15, 0.2) is 0 Å². The van der Waals surface area contributed by atoms with E-state index in [1.54, 1.807) is 0 Å². The Bertz CT molecular complexity index is 261. The van der Waals surface area contributed by atoms with Crippen molar-refractivity contribution in [2.24, 2.45) is 17.1 Å². The first kappa shape index (κ1) is 12.4. The molecule has 1 saturated carbocycles. The minimum atomic E-state index is -0.302. The minimum absolute atomic E-state index is 0.0156. The molecule has 1 aliphatic rings. The first-order chi connectivity index (χ1) is 6.98. The highest BCUT2D eigenvalue weighted by molar-refractivity contribution is 7.80. The van der Waals surface area contributed by atoms with E-state index in [0.29, 0.717) is 16.8 Å². The lowest BCUT2D eigenvalue weighted by molar-refractivity contribution is -0.123. The lowest BCUT2D eigenvalue weighted by Crippen LogP contribution is -2.44. The van der Waals surface area contributed by atoms with Crippen LogP contribution in [0.1, 0.15) is 39.5 Å². The van der Waals surface area contributed by atoms with Crippen LogP contribution in [-0.4, -0.2) is 17.4 Å². The summed E-state index contributed by atoms with van der Waals surface area (Å²) in [6.07, 6.45) is 4.37. The van der Waals surface area contributed by atoms with Crippen LogP contribution in [0.2, 0.25) is 0 Å². The van der Waals surface area contributed by atoms with Crippen LogP contribution in [0, 0.1) is 11.3 Å². The van der Waals surface area contributed by atoms with Crippen molar-refractivity contribution in [3.8, 4) is 0 Å². The molecule has 3 nitrogen and oxygen atoms in total. The lowest BCUT2D eigenvalue weighted by atomic mass is 9.70. The van der Waals surface area contributed by atoms with E-state index in [1.807, 2.05) is 6.92 Å². The first-order valence-corrected chi connectivity index (χ1v) is 5.96. The highest BCUT2D eigenvalue weighted by atomic mass is 32.1. The molecule has 1 amide bonds. The molecule has 0 aromatic heterocycles.